The minimum atomic E-state index is -0.513. The second-order valence-corrected chi connectivity index (χ2v) is 29.7. The Balaban J connectivity index is 1.07. The molecule has 0 fully saturated rings. The van der Waals surface area contributed by atoms with Crippen molar-refractivity contribution in [2.75, 3.05) is 9.80 Å². The summed E-state index contributed by atoms with van der Waals surface area (Å²) in [6.07, 6.45) is 0. The Bertz CT molecular complexity index is 5960. The van der Waals surface area contributed by atoms with Crippen LogP contribution in [0.15, 0.2) is 247 Å². The molecular weight excluding hydrogens is 1140 g/mol. The van der Waals surface area contributed by atoms with Crippen LogP contribution in [0.5, 0.6) is 11.5 Å². The van der Waals surface area contributed by atoms with Gasteiger partial charge in [0.25, 0.3) is 0 Å². The molecule has 2 aliphatic heterocycles. The van der Waals surface area contributed by atoms with Crippen molar-refractivity contribution in [3.05, 3.63) is 265 Å². The van der Waals surface area contributed by atoms with Crippen LogP contribution in [0.1, 0.15) is 116 Å². The number of para-hydroxylation sites is 3. The number of fused-ring (bicyclic) bond motifs is 13. The molecule has 0 amide bonds. The molecule has 6 nitrogen and oxygen atoms in total. The third-order valence-corrected chi connectivity index (χ3v) is 19.4. The number of ether oxygens (including phenoxy) is 1. The Kier molecular flexibility index (Phi) is 10.7. The van der Waals surface area contributed by atoms with Gasteiger partial charge in [-0.15, -0.1) is 0 Å². The summed E-state index contributed by atoms with van der Waals surface area (Å²) in [5, 5.41) is 4.00. The third kappa shape index (κ3) is 8.97. The number of rotatable bonds is 6. The number of hydrogen-bond donors (Lipinski definition) is 0. The Morgan fingerprint density at radius 2 is 0.883 bits per heavy atom. The molecule has 15 aromatic rings. The van der Waals surface area contributed by atoms with Crippen LogP contribution in [0.2, 0.25) is 0 Å². The first kappa shape index (κ1) is 49.1. The van der Waals surface area contributed by atoms with Crippen molar-refractivity contribution in [1.82, 2.24) is 9.13 Å². The number of aromatic nitrogens is 2. The van der Waals surface area contributed by atoms with E-state index < -0.39 is 48.3 Å². The molecule has 0 unspecified atom stereocenters. The van der Waals surface area contributed by atoms with Gasteiger partial charge in [-0.1, -0.05) is 235 Å². The van der Waals surface area contributed by atoms with E-state index in [-0.39, 0.29) is 43.5 Å². The lowest BCUT2D eigenvalue weighted by Crippen LogP contribution is -2.27. The van der Waals surface area contributed by atoms with Gasteiger partial charge in [0.15, 0.2) is 11.5 Å². The number of nitrogens with zero attached hydrogens (tertiary/aromatic N) is 4. The summed E-state index contributed by atoms with van der Waals surface area (Å²) >= 11 is 0. The number of furan rings is 1. The van der Waals surface area contributed by atoms with E-state index in [1.807, 2.05) is 60.7 Å². The summed E-state index contributed by atoms with van der Waals surface area (Å²) < 4.78 is 93.9. The number of benzene rings is 12. The molecule has 0 radical (unpaired) electrons. The number of anilines is 6. The van der Waals surface area contributed by atoms with Crippen LogP contribution in [0.3, 0.4) is 0 Å². The summed E-state index contributed by atoms with van der Waals surface area (Å²) in [5.41, 5.74) is 18.8. The molecule has 2 aliphatic rings. The topological polar surface area (TPSA) is 38.7 Å². The van der Waals surface area contributed by atoms with Gasteiger partial charge in [-0.25, -0.2) is 0 Å². The van der Waals surface area contributed by atoms with Gasteiger partial charge in [0, 0.05) is 55.2 Å². The van der Waals surface area contributed by atoms with Gasteiger partial charge in [-0.2, -0.15) is 0 Å². The maximum absolute atomic E-state index is 9.81. The summed E-state index contributed by atoms with van der Waals surface area (Å²) in [6.45, 7) is 27.1. The molecule has 0 atom stereocenters. The van der Waals surface area contributed by atoms with Crippen LogP contribution in [-0.2, 0) is 21.7 Å². The molecule has 12 aromatic carbocycles. The molecular formula is C88H76N4O2. The van der Waals surface area contributed by atoms with E-state index in [9.17, 15) is 8.22 Å². The van der Waals surface area contributed by atoms with Crippen molar-refractivity contribution in [3.63, 3.8) is 0 Å². The second kappa shape index (κ2) is 20.5. The van der Waals surface area contributed by atoms with Gasteiger partial charge < -0.3 is 23.2 Å². The third-order valence-electron chi connectivity index (χ3n) is 19.4. The zero-order chi connectivity index (χ0) is 71.4. The highest BCUT2D eigenvalue weighted by atomic mass is 16.5. The predicted octanol–water partition coefficient (Wildman–Crippen LogP) is 25.3. The summed E-state index contributed by atoms with van der Waals surface area (Å²) in [7, 11) is 0. The first-order valence-corrected chi connectivity index (χ1v) is 32.6. The minimum absolute atomic E-state index is 0.0116. The normalized spacial score (nSPS) is 14.6. The van der Waals surface area contributed by atoms with Crippen LogP contribution in [0.4, 0.5) is 34.1 Å². The molecule has 94 heavy (non-hydrogen) atoms. The molecule has 0 N–H and O–H groups in total. The zero-order valence-corrected chi connectivity index (χ0v) is 55.1. The van der Waals surface area contributed by atoms with Crippen LogP contribution in [0.25, 0.3) is 110 Å². The highest BCUT2D eigenvalue weighted by molar-refractivity contribution is 6.22. The van der Waals surface area contributed by atoms with Crippen molar-refractivity contribution in [1.29, 1.82) is 0 Å². The molecule has 0 aliphatic carbocycles. The van der Waals surface area contributed by atoms with Crippen LogP contribution in [0, 0.1) is 0 Å². The Morgan fingerprint density at radius 1 is 0.330 bits per heavy atom. The smallest absolute Gasteiger partial charge is 0.155 e. The monoisotopic (exact) mass is 1230 g/mol. The standard InChI is InChI=1S/C88H76N4O2/c1-85(2,3)57-36-39-71-67(47-57)68-48-58(86(4,5)6)37-40-72(68)90(71)62-50-76-84-80(51-62)94-78-42-35-55(56-43-59(87(7,8)9)46-60(44-56)88(10,11)12)45-75(78)91(84)73-41-38-61(89-69-32-22-19-29-63(69)64-30-20-23-33-70(64)89)49-74(73)92(76)83-66(53-25-15-13-16-26-53)52-79-82(65-31-21-24-34-77(65)93-79)81(83)54-27-17-14-18-28-54/h13-52H,1-12H3/i19D,20D,22D,23D,29D,30D,32D,33D. The lowest BCUT2D eigenvalue weighted by Gasteiger charge is -2.45. The van der Waals surface area contributed by atoms with Crippen LogP contribution < -0.4 is 14.5 Å². The average molecular weight is 1230 g/mol. The summed E-state index contributed by atoms with van der Waals surface area (Å²) in [5.74, 6) is 1.20. The fourth-order valence-electron chi connectivity index (χ4n) is 14.4. The van der Waals surface area contributed by atoms with E-state index in [4.69, 9.17) is 11.9 Å². The summed E-state index contributed by atoms with van der Waals surface area (Å²) in [4.78, 5) is 4.65. The van der Waals surface area contributed by atoms with Crippen molar-refractivity contribution < 1.29 is 20.1 Å². The molecule has 460 valence electrons. The Hall–Kier alpha value is -10.6. The maximum atomic E-state index is 9.81. The molecule has 0 saturated heterocycles. The van der Waals surface area contributed by atoms with E-state index in [2.05, 4.69) is 231 Å². The van der Waals surface area contributed by atoms with E-state index in [1.54, 1.807) is 4.57 Å². The zero-order valence-electron chi connectivity index (χ0n) is 63.1. The van der Waals surface area contributed by atoms with Crippen LogP contribution in [-0.4, -0.2) is 9.13 Å². The Morgan fingerprint density at radius 3 is 1.50 bits per heavy atom. The highest BCUT2D eigenvalue weighted by Crippen LogP contribution is 2.65. The molecule has 0 bridgehead atoms. The van der Waals surface area contributed by atoms with Crippen molar-refractivity contribution in [2.45, 2.75) is 105 Å². The van der Waals surface area contributed by atoms with Crippen LogP contribution >= 0.6 is 0 Å². The molecule has 5 heterocycles. The lowest BCUT2D eigenvalue weighted by atomic mass is 9.79. The van der Waals surface area contributed by atoms with Crippen molar-refractivity contribution in [3.8, 4) is 56.3 Å². The van der Waals surface area contributed by atoms with Gasteiger partial charge >= 0.3 is 0 Å². The molecule has 6 heteroatoms. The Labute approximate surface area is 561 Å². The van der Waals surface area contributed by atoms with Gasteiger partial charge in [0.2, 0.25) is 0 Å². The van der Waals surface area contributed by atoms with E-state index in [0.29, 0.717) is 34.0 Å². The van der Waals surface area contributed by atoms with Gasteiger partial charge in [0.1, 0.15) is 16.9 Å². The van der Waals surface area contributed by atoms with Crippen molar-refractivity contribution >= 4 is 99.7 Å². The van der Waals surface area contributed by atoms with Gasteiger partial charge in [0.05, 0.1) is 67.2 Å². The van der Waals surface area contributed by atoms with Gasteiger partial charge in [-0.05, 0) is 151 Å². The fourth-order valence-corrected chi connectivity index (χ4v) is 14.4. The van der Waals surface area contributed by atoms with Gasteiger partial charge in [-0.3, -0.25) is 4.90 Å². The minimum Gasteiger partial charge on any atom is -0.456 e. The second-order valence-electron chi connectivity index (χ2n) is 29.7. The van der Waals surface area contributed by atoms with Crippen molar-refractivity contribution in [2.24, 2.45) is 0 Å². The SMILES string of the molecule is [2H]c1c([2H])c([2H])c2c(c1[2H])c1c([2H])c([2H])c([2H])c([2H])c1n2-c1ccc2c(c1)N(c1c(-c3ccccc3)cc3oc4ccccc4c3c1-c1ccccc1)c1cc(-n3c4ccc(C(C)(C)C)cc4c4cc(C(C)(C)C)ccc43)cc3c1N2c1cc(-c2cc(C(C)(C)C)cc(C(C)(C)C)c2)ccc1O3. The highest BCUT2D eigenvalue weighted by Gasteiger charge is 2.41. The van der Waals surface area contributed by atoms with E-state index >= 15 is 0 Å². The van der Waals surface area contributed by atoms with E-state index in [1.165, 1.54) is 22.3 Å². The fraction of sp³-hybridized carbons (Fsp3) is 0.182. The molecule has 3 aromatic heterocycles. The molecule has 0 saturated carbocycles. The largest absolute Gasteiger partial charge is 0.456 e. The predicted molar refractivity (Wildman–Crippen MR) is 397 cm³/mol. The first-order valence-electron chi connectivity index (χ1n) is 36.6. The maximum Gasteiger partial charge on any atom is 0.155 e. The lowest BCUT2D eigenvalue weighted by molar-refractivity contribution is 0.476. The summed E-state index contributed by atoms with van der Waals surface area (Å²) in [6, 6.07) is 65.1. The first-order chi connectivity index (χ1) is 48.5. The number of hydrogen-bond acceptors (Lipinski definition) is 4. The molecule has 17 rings (SSSR count). The van der Waals surface area contributed by atoms with E-state index in [0.717, 1.165) is 100 Å². The molecule has 0 spiro atoms. The quantitative estimate of drug-likeness (QED) is 0.166. The average Bonchev–Trinajstić information content (AvgIpc) is 1.37.